The zero-order chi connectivity index (χ0) is 8.27. The van der Waals surface area contributed by atoms with Gasteiger partial charge in [-0.15, -0.1) is 0 Å². The molecular formula is C6H10N2O3. The maximum absolute atomic E-state index is 10.9. The first-order chi connectivity index (χ1) is 5.27. The molecule has 5 nitrogen and oxygen atoms in total. The average Bonchev–Trinajstić information content (AvgIpc) is 2.50. The fourth-order valence-corrected chi connectivity index (χ4v) is 0.805. The number of rotatable bonds is 2. The van der Waals surface area contributed by atoms with Crippen LogP contribution in [0.4, 0.5) is 0 Å². The summed E-state index contributed by atoms with van der Waals surface area (Å²) in [6.07, 6.45) is 0.0400. The molecule has 1 aliphatic rings. The summed E-state index contributed by atoms with van der Waals surface area (Å²) in [7, 11) is 1.52. The Morgan fingerprint density at radius 1 is 2.00 bits per heavy atom. The van der Waals surface area contributed by atoms with E-state index in [0.717, 1.165) is 0 Å². The van der Waals surface area contributed by atoms with Crippen molar-refractivity contribution in [3.05, 3.63) is 0 Å². The minimum absolute atomic E-state index is 0.107. The van der Waals surface area contributed by atoms with Crippen LogP contribution in [0.25, 0.3) is 0 Å². The van der Waals surface area contributed by atoms with E-state index in [1.54, 1.807) is 0 Å². The second-order valence-corrected chi connectivity index (χ2v) is 2.23. The fourth-order valence-electron chi connectivity index (χ4n) is 0.805. The highest BCUT2D eigenvalue weighted by atomic mass is 16.6. The summed E-state index contributed by atoms with van der Waals surface area (Å²) in [5.74, 6) is -0.249. The van der Waals surface area contributed by atoms with Gasteiger partial charge in [0, 0.05) is 13.5 Å². The molecule has 0 aliphatic carbocycles. The average molecular weight is 158 g/mol. The molecule has 1 amide bonds. The second kappa shape index (κ2) is 3.34. The fraction of sp³-hybridized carbons (Fsp3) is 0.667. The van der Waals surface area contributed by atoms with Crippen LogP contribution in [0.5, 0.6) is 0 Å². The van der Waals surface area contributed by atoms with Gasteiger partial charge in [0.05, 0.1) is 6.61 Å². The van der Waals surface area contributed by atoms with Gasteiger partial charge in [-0.2, -0.15) is 0 Å². The lowest BCUT2D eigenvalue weighted by atomic mass is 10.2. The van der Waals surface area contributed by atoms with Crippen molar-refractivity contribution in [3.8, 4) is 0 Å². The van der Waals surface area contributed by atoms with Gasteiger partial charge in [0.15, 0.2) is 6.10 Å². The lowest BCUT2D eigenvalue weighted by Crippen LogP contribution is -2.27. The van der Waals surface area contributed by atoms with Crippen molar-refractivity contribution in [2.45, 2.75) is 12.5 Å². The molecular weight excluding hydrogens is 148 g/mol. The Labute approximate surface area is 64.0 Å². The third kappa shape index (κ3) is 1.68. The zero-order valence-electron chi connectivity index (χ0n) is 6.20. The molecule has 11 heavy (non-hydrogen) atoms. The number of aliphatic hydroxyl groups is 1. The first kappa shape index (κ1) is 8.00. The highest BCUT2D eigenvalue weighted by Crippen LogP contribution is 2.08. The first-order valence-electron chi connectivity index (χ1n) is 3.33. The van der Waals surface area contributed by atoms with Gasteiger partial charge in [0.1, 0.15) is 5.71 Å². The Kier molecular flexibility index (Phi) is 2.43. The lowest BCUT2D eigenvalue weighted by molar-refractivity contribution is -0.114. The highest BCUT2D eigenvalue weighted by molar-refractivity contribution is 6.39. The first-order valence-corrected chi connectivity index (χ1v) is 3.33. The number of nitrogens with one attached hydrogen (secondary N) is 1. The quantitative estimate of drug-likeness (QED) is 0.534. The Balaban J connectivity index is 2.45. The zero-order valence-corrected chi connectivity index (χ0v) is 6.20. The van der Waals surface area contributed by atoms with Gasteiger partial charge in [-0.25, -0.2) is 0 Å². The maximum atomic E-state index is 10.9. The van der Waals surface area contributed by atoms with E-state index in [1.807, 2.05) is 0 Å². The number of hydrogen-bond donors (Lipinski definition) is 2. The van der Waals surface area contributed by atoms with Crippen LogP contribution >= 0.6 is 0 Å². The van der Waals surface area contributed by atoms with E-state index in [9.17, 15) is 4.79 Å². The number of amides is 1. The summed E-state index contributed by atoms with van der Waals surface area (Å²) in [5, 5.41) is 14.5. The SMILES string of the molecule is CNC(=O)C1=NOC(CO)C1. The molecule has 62 valence electrons. The molecule has 0 aromatic carbocycles. The molecule has 5 heteroatoms. The van der Waals surface area contributed by atoms with Crippen LogP contribution in [-0.2, 0) is 9.63 Å². The summed E-state index contributed by atoms with van der Waals surface area (Å²) in [6.45, 7) is -0.107. The van der Waals surface area contributed by atoms with Gasteiger partial charge >= 0.3 is 0 Å². The van der Waals surface area contributed by atoms with Crippen molar-refractivity contribution in [2.75, 3.05) is 13.7 Å². The van der Waals surface area contributed by atoms with E-state index >= 15 is 0 Å². The number of aliphatic hydroxyl groups excluding tert-OH is 1. The van der Waals surface area contributed by atoms with Crippen molar-refractivity contribution in [2.24, 2.45) is 5.16 Å². The molecule has 0 bridgehead atoms. The molecule has 0 spiro atoms. The number of carbonyl (C=O) groups excluding carboxylic acids is 1. The van der Waals surface area contributed by atoms with Gasteiger partial charge in [-0.05, 0) is 0 Å². The second-order valence-electron chi connectivity index (χ2n) is 2.23. The molecule has 1 aliphatic heterocycles. The van der Waals surface area contributed by atoms with Crippen LogP contribution in [0, 0.1) is 0 Å². The highest BCUT2D eigenvalue weighted by Gasteiger charge is 2.24. The van der Waals surface area contributed by atoms with Crippen molar-refractivity contribution < 1.29 is 14.7 Å². The Bertz CT molecular complexity index is 190. The number of oxime groups is 1. The predicted molar refractivity (Wildman–Crippen MR) is 38.1 cm³/mol. The van der Waals surface area contributed by atoms with Crippen molar-refractivity contribution in [1.82, 2.24) is 5.32 Å². The molecule has 0 saturated carbocycles. The number of nitrogens with zero attached hydrogens (tertiary/aromatic N) is 1. The number of carbonyl (C=O) groups is 1. The molecule has 1 heterocycles. The van der Waals surface area contributed by atoms with E-state index < -0.39 is 0 Å². The van der Waals surface area contributed by atoms with E-state index in [4.69, 9.17) is 9.94 Å². The predicted octanol–water partition coefficient (Wildman–Crippen LogP) is -1.13. The Morgan fingerprint density at radius 3 is 3.18 bits per heavy atom. The van der Waals surface area contributed by atoms with Crippen LogP contribution in [0.15, 0.2) is 5.16 Å². The standard InChI is InChI=1S/C6H10N2O3/c1-7-6(10)5-2-4(3-9)11-8-5/h4,9H,2-3H2,1H3,(H,7,10). The molecule has 0 saturated heterocycles. The summed E-state index contributed by atoms with van der Waals surface area (Å²) in [6, 6.07) is 0. The van der Waals surface area contributed by atoms with Crippen molar-refractivity contribution >= 4 is 11.6 Å². The maximum Gasteiger partial charge on any atom is 0.268 e. The summed E-state index contributed by atoms with van der Waals surface area (Å²) in [5.41, 5.74) is 0.339. The molecule has 1 rings (SSSR count). The van der Waals surface area contributed by atoms with Crippen LogP contribution in [-0.4, -0.2) is 36.5 Å². The molecule has 0 fully saturated rings. The molecule has 0 radical (unpaired) electrons. The van der Waals surface area contributed by atoms with Crippen molar-refractivity contribution in [3.63, 3.8) is 0 Å². The summed E-state index contributed by atoms with van der Waals surface area (Å²) >= 11 is 0. The van der Waals surface area contributed by atoms with Crippen molar-refractivity contribution in [1.29, 1.82) is 0 Å². The Hall–Kier alpha value is -1.10. The lowest BCUT2D eigenvalue weighted by Gasteiger charge is -2.00. The Morgan fingerprint density at radius 2 is 2.73 bits per heavy atom. The summed E-state index contributed by atoms with van der Waals surface area (Å²) in [4.78, 5) is 15.6. The smallest absolute Gasteiger partial charge is 0.268 e. The van der Waals surface area contributed by atoms with E-state index in [1.165, 1.54) is 7.05 Å². The van der Waals surface area contributed by atoms with Gasteiger partial charge < -0.3 is 15.3 Å². The van der Waals surface area contributed by atoms with E-state index in [-0.39, 0.29) is 18.6 Å². The van der Waals surface area contributed by atoms with Crippen LogP contribution in [0.2, 0.25) is 0 Å². The topological polar surface area (TPSA) is 70.9 Å². The number of hydrogen-bond acceptors (Lipinski definition) is 4. The van der Waals surface area contributed by atoms with Crippen LogP contribution in [0.3, 0.4) is 0 Å². The van der Waals surface area contributed by atoms with Gasteiger partial charge in [0.25, 0.3) is 5.91 Å². The normalized spacial score (nSPS) is 22.4. The molecule has 0 aromatic heterocycles. The minimum Gasteiger partial charge on any atom is -0.392 e. The third-order valence-electron chi connectivity index (χ3n) is 1.43. The molecule has 1 unspecified atom stereocenters. The molecule has 2 N–H and O–H groups in total. The largest absolute Gasteiger partial charge is 0.392 e. The van der Waals surface area contributed by atoms with E-state index in [2.05, 4.69) is 10.5 Å². The van der Waals surface area contributed by atoms with E-state index in [0.29, 0.717) is 12.1 Å². The molecule has 0 aromatic rings. The van der Waals surface area contributed by atoms with Crippen LogP contribution in [0.1, 0.15) is 6.42 Å². The monoisotopic (exact) mass is 158 g/mol. The third-order valence-corrected chi connectivity index (χ3v) is 1.43. The van der Waals surface area contributed by atoms with Crippen LogP contribution < -0.4 is 5.32 Å². The van der Waals surface area contributed by atoms with Gasteiger partial charge in [-0.3, -0.25) is 4.79 Å². The van der Waals surface area contributed by atoms with Gasteiger partial charge in [0.2, 0.25) is 0 Å². The minimum atomic E-state index is -0.345. The molecule has 1 atom stereocenters. The van der Waals surface area contributed by atoms with Gasteiger partial charge in [-0.1, -0.05) is 5.16 Å². The summed E-state index contributed by atoms with van der Waals surface area (Å²) < 4.78 is 0.